The molecule has 3 aromatic heterocycles. The fourth-order valence-electron chi connectivity index (χ4n) is 1.76. The molecule has 0 spiro atoms. The van der Waals surface area contributed by atoms with Crippen LogP contribution in [-0.2, 0) is 0 Å². The summed E-state index contributed by atoms with van der Waals surface area (Å²) >= 11 is 0. The van der Waals surface area contributed by atoms with E-state index in [1.165, 1.54) is 12.3 Å². The van der Waals surface area contributed by atoms with Crippen molar-refractivity contribution in [1.29, 1.82) is 0 Å². The topological polar surface area (TPSA) is 107 Å². The zero-order chi connectivity index (χ0) is 12.5. The van der Waals surface area contributed by atoms with Crippen molar-refractivity contribution in [2.24, 2.45) is 5.11 Å². The van der Waals surface area contributed by atoms with E-state index in [1.54, 1.807) is 18.2 Å². The molecule has 0 aliphatic rings. The maximum Gasteiger partial charge on any atom is 0.249 e. The van der Waals surface area contributed by atoms with Gasteiger partial charge >= 0.3 is 0 Å². The molecule has 0 fully saturated rings. The molecule has 0 saturated carbocycles. The van der Waals surface area contributed by atoms with Gasteiger partial charge in [-0.25, -0.2) is 9.97 Å². The van der Waals surface area contributed by atoms with Crippen molar-refractivity contribution in [3.8, 4) is 0 Å². The maximum absolute atomic E-state index is 11.2. The van der Waals surface area contributed by atoms with Gasteiger partial charge in [0.1, 0.15) is 5.65 Å². The van der Waals surface area contributed by atoms with Gasteiger partial charge in [0.15, 0.2) is 5.65 Å². The highest BCUT2D eigenvalue weighted by Gasteiger charge is 2.04. The lowest BCUT2D eigenvalue weighted by Gasteiger charge is -2.02. The Balaban J connectivity index is 2.48. The predicted molar refractivity (Wildman–Crippen MR) is 66.5 cm³/mol. The van der Waals surface area contributed by atoms with Crippen molar-refractivity contribution in [3.63, 3.8) is 0 Å². The zero-order valence-corrected chi connectivity index (χ0v) is 9.03. The van der Waals surface area contributed by atoms with E-state index in [0.717, 1.165) is 5.39 Å². The third-order valence-corrected chi connectivity index (χ3v) is 2.55. The van der Waals surface area contributed by atoms with E-state index in [4.69, 9.17) is 5.53 Å². The van der Waals surface area contributed by atoms with E-state index in [-0.39, 0.29) is 5.56 Å². The molecule has 7 nitrogen and oxygen atoms in total. The average molecular weight is 238 g/mol. The van der Waals surface area contributed by atoms with Crippen LogP contribution < -0.4 is 5.56 Å². The summed E-state index contributed by atoms with van der Waals surface area (Å²) in [5.74, 6) is 0. The molecule has 0 unspecified atom stereocenters. The molecule has 3 aromatic rings. The molecular weight excluding hydrogens is 232 g/mol. The molecule has 0 amide bonds. The normalized spacial score (nSPS) is 10.4. The average Bonchev–Trinajstić information content (AvgIpc) is 2.37. The monoisotopic (exact) mass is 238 g/mol. The van der Waals surface area contributed by atoms with E-state index in [1.807, 2.05) is 0 Å². The first-order valence-electron chi connectivity index (χ1n) is 5.12. The fourth-order valence-corrected chi connectivity index (χ4v) is 1.76. The molecule has 18 heavy (non-hydrogen) atoms. The zero-order valence-electron chi connectivity index (χ0n) is 9.03. The summed E-state index contributed by atoms with van der Waals surface area (Å²) in [5, 5.41) is 4.99. The molecule has 0 saturated heterocycles. The van der Waals surface area contributed by atoms with Gasteiger partial charge in [0.2, 0.25) is 5.56 Å². The lowest BCUT2D eigenvalue weighted by molar-refractivity contribution is 1.23. The van der Waals surface area contributed by atoms with E-state index >= 15 is 0 Å². The van der Waals surface area contributed by atoms with Crippen LogP contribution in [0.15, 0.2) is 40.4 Å². The van der Waals surface area contributed by atoms with Crippen molar-refractivity contribution >= 4 is 27.8 Å². The van der Waals surface area contributed by atoms with E-state index in [0.29, 0.717) is 22.4 Å². The molecule has 3 rings (SSSR count). The number of azide groups is 1. The van der Waals surface area contributed by atoms with Gasteiger partial charge in [0.25, 0.3) is 0 Å². The van der Waals surface area contributed by atoms with Crippen molar-refractivity contribution < 1.29 is 0 Å². The van der Waals surface area contributed by atoms with Crippen LogP contribution in [0.3, 0.4) is 0 Å². The molecule has 0 atom stereocenters. The van der Waals surface area contributed by atoms with Crippen LogP contribution in [-0.4, -0.2) is 15.0 Å². The minimum Gasteiger partial charge on any atom is -0.307 e. The quantitative estimate of drug-likeness (QED) is 0.304. The molecule has 1 N–H and O–H groups in total. The fraction of sp³-hybridized carbons (Fsp3) is 0. The molecule has 86 valence electrons. The third kappa shape index (κ3) is 1.55. The number of aromatic nitrogens is 3. The van der Waals surface area contributed by atoms with Gasteiger partial charge in [-0.3, -0.25) is 4.79 Å². The highest BCUT2D eigenvalue weighted by molar-refractivity contribution is 5.95. The van der Waals surface area contributed by atoms with Gasteiger partial charge in [-0.15, -0.1) is 0 Å². The summed E-state index contributed by atoms with van der Waals surface area (Å²) in [7, 11) is 0. The SMILES string of the molecule is [N-]=[N+]=Nc1ccnc2nc3[nH]c(=O)ccc3cc12. The van der Waals surface area contributed by atoms with Gasteiger partial charge < -0.3 is 4.98 Å². The van der Waals surface area contributed by atoms with Gasteiger partial charge in [-0.2, -0.15) is 0 Å². The lowest BCUT2D eigenvalue weighted by atomic mass is 10.2. The first-order chi connectivity index (χ1) is 8.78. The van der Waals surface area contributed by atoms with E-state index < -0.39 is 0 Å². The number of hydrogen-bond acceptors (Lipinski definition) is 4. The Labute approximate surface area is 99.7 Å². The van der Waals surface area contributed by atoms with Crippen molar-refractivity contribution in [2.45, 2.75) is 0 Å². The highest BCUT2D eigenvalue weighted by Crippen LogP contribution is 2.25. The number of H-pyrrole nitrogens is 1. The Morgan fingerprint density at radius 2 is 2.22 bits per heavy atom. The van der Waals surface area contributed by atoms with Crippen LogP contribution >= 0.6 is 0 Å². The Hall–Kier alpha value is -2.92. The Kier molecular flexibility index (Phi) is 2.18. The number of rotatable bonds is 1. The number of nitrogens with one attached hydrogen (secondary N) is 1. The van der Waals surface area contributed by atoms with E-state index in [2.05, 4.69) is 25.0 Å². The first kappa shape index (κ1) is 10.2. The second-order valence-electron chi connectivity index (χ2n) is 3.64. The Bertz CT molecular complexity index is 862. The summed E-state index contributed by atoms with van der Waals surface area (Å²) < 4.78 is 0. The number of pyridine rings is 3. The maximum atomic E-state index is 11.2. The molecule has 7 heteroatoms. The second kappa shape index (κ2) is 3.83. The van der Waals surface area contributed by atoms with Crippen molar-refractivity contribution in [1.82, 2.24) is 15.0 Å². The number of hydrogen-bond donors (Lipinski definition) is 1. The molecule has 0 radical (unpaired) electrons. The highest BCUT2D eigenvalue weighted by atomic mass is 16.1. The number of fused-ring (bicyclic) bond motifs is 2. The Morgan fingerprint density at radius 3 is 3.06 bits per heavy atom. The predicted octanol–water partition coefficient (Wildman–Crippen LogP) is 2.41. The van der Waals surface area contributed by atoms with Crippen LogP contribution in [0.1, 0.15) is 0 Å². The number of nitrogens with zero attached hydrogens (tertiary/aromatic N) is 5. The van der Waals surface area contributed by atoms with Crippen molar-refractivity contribution in [3.05, 3.63) is 51.3 Å². The third-order valence-electron chi connectivity index (χ3n) is 2.55. The standard InChI is InChI=1S/C11H6N6O/c12-17-16-8-3-4-13-11-7(8)5-6-1-2-9(18)14-10(6)15-11/h1-5H,(H,13,14,15,18). The van der Waals surface area contributed by atoms with Crippen LogP contribution in [0, 0.1) is 0 Å². The largest absolute Gasteiger partial charge is 0.307 e. The second-order valence-corrected chi connectivity index (χ2v) is 3.64. The molecule has 0 aliphatic carbocycles. The van der Waals surface area contributed by atoms with Crippen LogP contribution in [0.4, 0.5) is 5.69 Å². The van der Waals surface area contributed by atoms with Gasteiger partial charge in [-0.1, -0.05) is 5.11 Å². The smallest absolute Gasteiger partial charge is 0.249 e. The molecule has 0 aromatic carbocycles. The van der Waals surface area contributed by atoms with Gasteiger partial charge in [0, 0.05) is 27.9 Å². The molecule has 0 aliphatic heterocycles. The van der Waals surface area contributed by atoms with Gasteiger partial charge in [-0.05, 0) is 23.7 Å². The Morgan fingerprint density at radius 1 is 1.33 bits per heavy atom. The van der Waals surface area contributed by atoms with E-state index in [9.17, 15) is 4.79 Å². The minimum absolute atomic E-state index is 0.222. The summed E-state index contributed by atoms with van der Waals surface area (Å²) in [6, 6.07) is 6.47. The van der Waals surface area contributed by atoms with Crippen molar-refractivity contribution in [2.75, 3.05) is 0 Å². The van der Waals surface area contributed by atoms with Gasteiger partial charge in [0.05, 0.1) is 5.69 Å². The lowest BCUT2D eigenvalue weighted by Crippen LogP contribution is -2.03. The summed E-state index contributed by atoms with van der Waals surface area (Å²) in [6.45, 7) is 0. The molecular formula is C11H6N6O. The molecule has 3 heterocycles. The van der Waals surface area contributed by atoms with Crippen LogP contribution in [0.5, 0.6) is 0 Å². The number of aromatic amines is 1. The molecule has 0 bridgehead atoms. The minimum atomic E-state index is -0.222. The first-order valence-corrected chi connectivity index (χ1v) is 5.12. The summed E-state index contributed by atoms with van der Waals surface area (Å²) in [4.78, 5) is 24.9. The van der Waals surface area contributed by atoms with Crippen LogP contribution in [0.25, 0.3) is 32.5 Å². The summed E-state index contributed by atoms with van der Waals surface area (Å²) in [6.07, 6.45) is 1.51. The summed E-state index contributed by atoms with van der Waals surface area (Å²) in [5.41, 5.74) is 9.62. The van der Waals surface area contributed by atoms with Crippen LogP contribution in [0.2, 0.25) is 0 Å².